The third kappa shape index (κ3) is 3.57. The highest BCUT2D eigenvalue weighted by Gasteiger charge is 2.22. The smallest absolute Gasteiger partial charge is 0.238 e. The van der Waals surface area contributed by atoms with Crippen LogP contribution >= 0.6 is 23.1 Å². The number of aromatic nitrogens is 3. The predicted octanol–water partition coefficient (Wildman–Crippen LogP) is 3.06. The first-order chi connectivity index (χ1) is 11.2. The highest BCUT2D eigenvalue weighted by Crippen LogP contribution is 2.27. The molecule has 1 amide bonds. The van der Waals surface area contributed by atoms with Gasteiger partial charge in [0.1, 0.15) is 16.9 Å². The molecule has 23 heavy (non-hydrogen) atoms. The van der Waals surface area contributed by atoms with Gasteiger partial charge in [-0.05, 0) is 31.2 Å². The molecule has 1 atom stereocenters. The third-order valence-electron chi connectivity index (χ3n) is 3.75. The van der Waals surface area contributed by atoms with Gasteiger partial charge in [-0.2, -0.15) is 5.26 Å². The van der Waals surface area contributed by atoms with Gasteiger partial charge in [0.05, 0.1) is 10.8 Å². The minimum atomic E-state index is -0.305. The maximum Gasteiger partial charge on any atom is 0.238 e. The minimum Gasteiger partial charge on any atom is -0.316 e. The van der Waals surface area contributed by atoms with E-state index in [4.69, 9.17) is 5.26 Å². The number of thiophene rings is 1. The fourth-order valence-electron chi connectivity index (χ4n) is 2.46. The van der Waals surface area contributed by atoms with Crippen LogP contribution in [0.15, 0.2) is 16.6 Å². The van der Waals surface area contributed by atoms with Crippen LogP contribution in [0, 0.1) is 11.3 Å². The maximum atomic E-state index is 12.3. The van der Waals surface area contributed by atoms with E-state index in [1.54, 1.807) is 11.4 Å². The van der Waals surface area contributed by atoms with Crippen LogP contribution in [-0.4, -0.2) is 25.9 Å². The van der Waals surface area contributed by atoms with Crippen molar-refractivity contribution < 1.29 is 4.79 Å². The molecule has 1 aliphatic rings. The molecule has 0 spiro atoms. The number of anilines is 1. The minimum absolute atomic E-state index is 0.125. The molecule has 3 rings (SSSR count). The Morgan fingerprint density at radius 2 is 2.35 bits per heavy atom. The number of amides is 1. The van der Waals surface area contributed by atoms with E-state index >= 15 is 0 Å². The number of nitriles is 1. The number of carbonyl (C=O) groups excluding carboxylic acids is 1. The summed E-state index contributed by atoms with van der Waals surface area (Å²) in [6, 6.07) is 3.78. The van der Waals surface area contributed by atoms with Crippen molar-refractivity contribution in [3.63, 3.8) is 0 Å². The molecule has 1 aliphatic heterocycles. The first-order valence-corrected chi connectivity index (χ1v) is 9.32. The highest BCUT2D eigenvalue weighted by atomic mass is 32.2. The van der Waals surface area contributed by atoms with E-state index in [1.807, 2.05) is 6.92 Å². The van der Waals surface area contributed by atoms with Crippen molar-refractivity contribution in [2.75, 3.05) is 5.32 Å². The quantitative estimate of drug-likeness (QED) is 0.859. The summed E-state index contributed by atoms with van der Waals surface area (Å²) < 4.78 is 2.13. The second kappa shape index (κ2) is 7.15. The van der Waals surface area contributed by atoms with Gasteiger partial charge in [-0.1, -0.05) is 18.2 Å². The Labute approximate surface area is 142 Å². The Bertz CT molecular complexity index is 745. The summed E-state index contributed by atoms with van der Waals surface area (Å²) in [6.07, 6.45) is 4.43. The molecule has 0 saturated heterocycles. The molecule has 6 nitrogen and oxygen atoms in total. The van der Waals surface area contributed by atoms with Gasteiger partial charge in [0, 0.05) is 13.0 Å². The largest absolute Gasteiger partial charge is 0.316 e. The summed E-state index contributed by atoms with van der Waals surface area (Å²) in [5.74, 6) is 0.891. The maximum absolute atomic E-state index is 12.3. The van der Waals surface area contributed by atoms with Crippen LogP contribution < -0.4 is 5.32 Å². The van der Waals surface area contributed by atoms with E-state index < -0.39 is 0 Å². The Morgan fingerprint density at radius 1 is 1.48 bits per heavy atom. The lowest BCUT2D eigenvalue weighted by Crippen LogP contribution is -2.22. The van der Waals surface area contributed by atoms with Gasteiger partial charge in [0.25, 0.3) is 0 Å². The molecule has 8 heteroatoms. The number of nitrogens with zero attached hydrogens (tertiary/aromatic N) is 4. The SMILES string of the molecule is C[C@H](Sc1nnc2n1CCCCC2)C(=O)Nc1sccc1C#N. The van der Waals surface area contributed by atoms with E-state index in [2.05, 4.69) is 26.2 Å². The Morgan fingerprint density at radius 3 is 3.17 bits per heavy atom. The monoisotopic (exact) mass is 347 g/mol. The van der Waals surface area contributed by atoms with E-state index in [9.17, 15) is 4.79 Å². The van der Waals surface area contributed by atoms with Crippen molar-refractivity contribution in [1.29, 1.82) is 5.26 Å². The van der Waals surface area contributed by atoms with Crippen LogP contribution in [0.5, 0.6) is 0 Å². The fourth-order valence-corrected chi connectivity index (χ4v) is 4.10. The lowest BCUT2D eigenvalue weighted by atomic mass is 10.2. The third-order valence-corrected chi connectivity index (χ3v) is 5.66. The van der Waals surface area contributed by atoms with Gasteiger partial charge in [-0.25, -0.2) is 0 Å². The fraction of sp³-hybridized carbons (Fsp3) is 0.467. The van der Waals surface area contributed by atoms with Crippen molar-refractivity contribution in [3.8, 4) is 6.07 Å². The second-order valence-corrected chi connectivity index (χ2v) is 7.61. The molecule has 0 saturated carbocycles. The van der Waals surface area contributed by atoms with Gasteiger partial charge in [-0.15, -0.1) is 21.5 Å². The van der Waals surface area contributed by atoms with Crippen LogP contribution in [0.2, 0.25) is 0 Å². The lowest BCUT2D eigenvalue weighted by molar-refractivity contribution is -0.115. The first kappa shape index (κ1) is 16.0. The highest BCUT2D eigenvalue weighted by molar-refractivity contribution is 8.00. The molecule has 2 aromatic heterocycles. The van der Waals surface area contributed by atoms with E-state index in [-0.39, 0.29) is 11.2 Å². The number of rotatable bonds is 4. The topological polar surface area (TPSA) is 83.6 Å². The van der Waals surface area contributed by atoms with E-state index in [0.29, 0.717) is 10.6 Å². The summed E-state index contributed by atoms with van der Waals surface area (Å²) in [7, 11) is 0. The van der Waals surface area contributed by atoms with Gasteiger partial charge in [0.2, 0.25) is 5.91 Å². The lowest BCUT2D eigenvalue weighted by Gasteiger charge is -2.12. The molecule has 0 aliphatic carbocycles. The van der Waals surface area contributed by atoms with Gasteiger partial charge in [0.15, 0.2) is 5.16 Å². The summed E-state index contributed by atoms with van der Waals surface area (Å²) in [5.41, 5.74) is 0.497. The summed E-state index contributed by atoms with van der Waals surface area (Å²) in [4.78, 5) is 12.3. The molecule has 3 heterocycles. The molecule has 0 unspecified atom stereocenters. The number of thioether (sulfide) groups is 1. The van der Waals surface area contributed by atoms with Crippen LogP contribution in [0.1, 0.15) is 37.6 Å². The molecular formula is C15H17N5OS2. The normalized spacial score (nSPS) is 15.3. The second-order valence-electron chi connectivity index (χ2n) is 5.39. The van der Waals surface area contributed by atoms with Crippen LogP contribution in [0.25, 0.3) is 0 Å². The standard InChI is InChI=1S/C15H17N5OS2/c1-10(13(21)17-14-11(9-16)6-8-22-14)23-15-19-18-12-5-3-2-4-7-20(12)15/h6,8,10H,2-5,7H2,1H3,(H,17,21)/t10-/m0/s1. The summed E-state index contributed by atoms with van der Waals surface area (Å²) in [5, 5.41) is 23.2. The van der Waals surface area contributed by atoms with Crippen LogP contribution in [-0.2, 0) is 17.8 Å². The predicted molar refractivity (Wildman–Crippen MR) is 90.6 cm³/mol. The van der Waals surface area contributed by atoms with Crippen molar-refractivity contribution in [2.45, 2.75) is 49.6 Å². The van der Waals surface area contributed by atoms with Gasteiger partial charge in [-0.3, -0.25) is 4.79 Å². The molecule has 0 aromatic carbocycles. The van der Waals surface area contributed by atoms with Crippen LogP contribution in [0.4, 0.5) is 5.00 Å². The Balaban J connectivity index is 1.67. The first-order valence-electron chi connectivity index (χ1n) is 7.56. The average Bonchev–Trinajstić information content (AvgIpc) is 3.07. The molecule has 0 fully saturated rings. The van der Waals surface area contributed by atoms with Crippen molar-refractivity contribution in [3.05, 3.63) is 22.8 Å². The summed E-state index contributed by atoms with van der Waals surface area (Å²) in [6.45, 7) is 2.76. The van der Waals surface area contributed by atoms with Crippen molar-refractivity contribution >= 4 is 34.0 Å². The molecular weight excluding hydrogens is 330 g/mol. The molecule has 0 bridgehead atoms. The zero-order chi connectivity index (χ0) is 16.2. The zero-order valence-electron chi connectivity index (χ0n) is 12.8. The number of aryl methyl sites for hydroxylation is 1. The van der Waals surface area contributed by atoms with Gasteiger partial charge >= 0.3 is 0 Å². The van der Waals surface area contributed by atoms with Crippen molar-refractivity contribution in [1.82, 2.24) is 14.8 Å². The van der Waals surface area contributed by atoms with Crippen LogP contribution in [0.3, 0.4) is 0 Å². The molecule has 0 radical (unpaired) electrons. The Kier molecular flexibility index (Phi) is 4.98. The average molecular weight is 347 g/mol. The number of fused-ring (bicyclic) bond motifs is 1. The number of carbonyl (C=O) groups is 1. The van der Waals surface area contributed by atoms with Crippen molar-refractivity contribution in [2.24, 2.45) is 0 Å². The summed E-state index contributed by atoms with van der Waals surface area (Å²) >= 11 is 2.77. The molecule has 2 aromatic rings. The van der Waals surface area contributed by atoms with E-state index in [1.165, 1.54) is 29.5 Å². The number of hydrogen-bond acceptors (Lipinski definition) is 6. The number of nitrogens with one attached hydrogen (secondary N) is 1. The van der Waals surface area contributed by atoms with Gasteiger partial charge < -0.3 is 9.88 Å². The molecule has 120 valence electrons. The zero-order valence-corrected chi connectivity index (χ0v) is 14.4. The Hall–Kier alpha value is -1.85. The number of hydrogen-bond donors (Lipinski definition) is 1. The van der Waals surface area contributed by atoms with E-state index in [0.717, 1.165) is 36.8 Å². The molecule has 1 N–H and O–H groups in total.